The second-order valence-corrected chi connectivity index (χ2v) is 6.63. The average Bonchev–Trinajstić information content (AvgIpc) is 2.55. The number of hydrogen-bond acceptors (Lipinski definition) is 2. The third kappa shape index (κ3) is 5.84. The fourth-order valence-electron chi connectivity index (χ4n) is 2.24. The van der Waals surface area contributed by atoms with Gasteiger partial charge in [-0.1, -0.05) is 33.6 Å². The summed E-state index contributed by atoms with van der Waals surface area (Å²) in [5.74, 6) is 0. The number of rotatable bonds is 6. The van der Waals surface area contributed by atoms with E-state index in [2.05, 4.69) is 69.6 Å². The van der Waals surface area contributed by atoms with Gasteiger partial charge in [0.15, 0.2) is 5.11 Å². The Labute approximate surface area is 152 Å². The first-order valence-corrected chi connectivity index (χ1v) is 8.90. The number of halogens is 1. The molecule has 2 aromatic rings. The first-order chi connectivity index (χ1) is 11.1. The van der Waals surface area contributed by atoms with Crippen molar-refractivity contribution in [2.24, 2.45) is 0 Å². The molecule has 2 rings (SSSR count). The maximum absolute atomic E-state index is 5.34. The van der Waals surface area contributed by atoms with E-state index in [1.54, 1.807) is 0 Å². The zero-order valence-electron chi connectivity index (χ0n) is 13.5. The van der Waals surface area contributed by atoms with Gasteiger partial charge in [-0.2, -0.15) is 0 Å². The van der Waals surface area contributed by atoms with Gasteiger partial charge in [-0.05, 0) is 62.5 Å². The fourth-order valence-corrected chi connectivity index (χ4v) is 2.72. The standard InChI is InChI=1S/C18H22BrN3S/c1-3-22(17-10-4-14(2)5-11-17)13-12-20-18(23)21-16-8-6-15(19)7-9-16/h4-11H,3,12-13H2,1-2H3,(H2,20,21,23). The molecule has 0 bridgehead atoms. The lowest BCUT2D eigenvalue weighted by atomic mass is 10.2. The molecule has 5 heteroatoms. The molecule has 0 saturated heterocycles. The van der Waals surface area contributed by atoms with E-state index in [0.717, 1.165) is 29.8 Å². The van der Waals surface area contributed by atoms with Crippen LogP contribution in [0.5, 0.6) is 0 Å². The summed E-state index contributed by atoms with van der Waals surface area (Å²) in [6.45, 7) is 6.94. The molecule has 23 heavy (non-hydrogen) atoms. The monoisotopic (exact) mass is 391 g/mol. The van der Waals surface area contributed by atoms with Gasteiger partial charge in [0.2, 0.25) is 0 Å². The van der Waals surface area contributed by atoms with Gasteiger partial charge in [0.1, 0.15) is 0 Å². The molecule has 0 unspecified atom stereocenters. The predicted molar refractivity (Wildman–Crippen MR) is 107 cm³/mol. The summed E-state index contributed by atoms with van der Waals surface area (Å²) >= 11 is 8.76. The van der Waals surface area contributed by atoms with Crippen molar-refractivity contribution >= 4 is 44.6 Å². The molecule has 0 heterocycles. The molecule has 0 aliphatic heterocycles. The SMILES string of the molecule is CCN(CCNC(=S)Nc1ccc(Br)cc1)c1ccc(C)cc1. The molecule has 0 aliphatic carbocycles. The van der Waals surface area contributed by atoms with Crippen LogP contribution in [0.2, 0.25) is 0 Å². The number of hydrogen-bond donors (Lipinski definition) is 2. The van der Waals surface area contributed by atoms with Crippen molar-refractivity contribution in [2.75, 3.05) is 29.9 Å². The van der Waals surface area contributed by atoms with E-state index in [9.17, 15) is 0 Å². The maximum Gasteiger partial charge on any atom is 0.170 e. The molecular weight excluding hydrogens is 370 g/mol. The smallest absolute Gasteiger partial charge is 0.170 e. The lowest BCUT2D eigenvalue weighted by Crippen LogP contribution is -2.36. The predicted octanol–water partition coefficient (Wildman–Crippen LogP) is 4.57. The molecule has 0 aliphatic rings. The third-order valence-electron chi connectivity index (χ3n) is 3.55. The molecule has 0 aromatic heterocycles. The minimum Gasteiger partial charge on any atom is -0.370 e. The summed E-state index contributed by atoms with van der Waals surface area (Å²) in [7, 11) is 0. The van der Waals surface area contributed by atoms with E-state index in [1.807, 2.05) is 24.3 Å². The molecule has 0 radical (unpaired) electrons. The van der Waals surface area contributed by atoms with Crippen molar-refractivity contribution in [3.63, 3.8) is 0 Å². The summed E-state index contributed by atoms with van der Waals surface area (Å²) in [5, 5.41) is 7.09. The highest BCUT2D eigenvalue weighted by Crippen LogP contribution is 2.15. The minimum atomic E-state index is 0.646. The molecule has 2 aromatic carbocycles. The van der Waals surface area contributed by atoms with Crippen LogP contribution in [0, 0.1) is 6.92 Å². The first kappa shape index (κ1) is 17.8. The van der Waals surface area contributed by atoms with Crippen molar-refractivity contribution in [3.05, 3.63) is 58.6 Å². The summed E-state index contributed by atoms with van der Waals surface area (Å²) in [4.78, 5) is 2.33. The van der Waals surface area contributed by atoms with Crippen LogP contribution in [0.15, 0.2) is 53.0 Å². The highest BCUT2D eigenvalue weighted by molar-refractivity contribution is 9.10. The van der Waals surface area contributed by atoms with Gasteiger partial charge in [0.25, 0.3) is 0 Å². The van der Waals surface area contributed by atoms with Gasteiger partial charge in [-0.15, -0.1) is 0 Å². The maximum atomic E-state index is 5.34. The fraction of sp³-hybridized carbons (Fsp3) is 0.278. The van der Waals surface area contributed by atoms with Crippen LogP contribution in [0.3, 0.4) is 0 Å². The van der Waals surface area contributed by atoms with E-state index in [1.165, 1.54) is 11.3 Å². The summed E-state index contributed by atoms with van der Waals surface area (Å²) in [6.07, 6.45) is 0. The van der Waals surface area contributed by atoms with Gasteiger partial charge in [0.05, 0.1) is 0 Å². The Morgan fingerprint density at radius 2 is 1.74 bits per heavy atom. The zero-order chi connectivity index (χ0) is 16.7. The molecule has 3 nitrogen and oxygen atoms in total. The van der Waals surface area contributed by atoms with E-state index >= 15 is 0 Å². The zero-order valence-corrected chi connectivity index (χ0v) is 15.9. The number of likely N-dealkylation sites (N-methyl/N-ethyl adjacent to an activating group) is 1. The van der Waals surface area contributed by atoms with E-state index in [0.29, 0.717) is 5.11 Å². The van der Waals surface area contributed by atoms with E-state index < -0.39 is 0 Å². The molecule has 0 atom stereocenters. The highest BCUT2D eigenvalue weighted by Gasteiger charge is 2.04. The Bertz CT molecular complexity index is 626. The normalized spacial score (nSPS) is 10.2. The highest BCUT2D eigenvalue weighted by atomic mass is 79.9. The Balaban J connectivity index is 1.79. The molecular formula is C18H22BrN3S. The number of nitrogens with zero attached hydrogens (tertiary/aromatic N) is 1. The molecule has 0 fully saturated rings. The van der Waals surface area contributed by atoms with Crippen LogP contribution in [-0.2, 0) is 0 Å². The van der Waals surface area contributed by atoms with Crippen LogP contribution in [0.1, 0.15) is 12.5 Å². The van der Waals surface area contributed by atoms with Gasteiger partial charge < -0.3 is 15.5 Å². The Kier molecular flexibility index (Phi) is 6.86. The quantitative estimate of drug-likeness (QED) is 0.705. The van der Waals surface area contributed by atoms with Crippen LogP contribution < -0.4 is 15.5 Å². The second-order valence-electron chi connectivity index (χ2n) is 5.30. The lowest BCUT2D eigenvalue weighted by molar-refractivity contribution is 0.779. The number of thiocarbonyl (C=S) groups is 1. The first-order valence-electron chi connectivity index (χ1n) is 7.70. The number of anilines is 2. The van der Waals surface area contributed by atoms with Gasteiger partial charge in [0, 0.05) is 35.5 Å². The Morgan fingerprint density at radius 1 is 1.09 bits per heavy atom. The summed E-state index contributed by atoms with van der Waals surface area (Å²) in [5.41, 5.74) is 3.51. The van der Waals surface area contributed by atoms with Crippen LogP contribution >= 0.6 is 28.1 Å². The van der Waals surface area contributed by atoms with E-state index in [4.69, 9.17) is 12.2 Å². The third-order valence-corrected chi connectivity index (χ3v) is 4.33. The average molecular weight is 392 g/mol. The largest absolute Gasteiger partial charge is 0.370 e. The van der Waals surface area contributed by atoms with Crippen molar-refractivity contribution in [1.82, 2.24) is 5.32 Å². The Morgan fingerprint density at radius 3 is 2.35 bits per heavy atom. The van der Waals surface area contributed by atoms with E-state index in [-0.39, 0.29) is 0 Å². The van der Waals surface area contributed by atoms with Crippen molar-refractivity contribution in [2.45, 2.75) is 13.8 Å². The van der Waals surface area contributed by atoms with Gasteiger partial charge in [-0.25, -0.2) is 0 Å². The summed E-state index contributed by atoms with van der Waals surface area (Å²) in [6, 6.07) is 16.6. The minimum absolute atomic E-state index is 0.646. The molecule has 0 saturated carbocycles. The molecule has 2 N–H and O–H groups in total. The van der Waals surface area contributed by atoms with Crippen LogP contribution in [0.25, 0.3) is 0 Å². The Hall–Kier alpha value is -1.59. The van der Waals surface area contributed by atoms with Crippen molar-refractivity contribution < 1.29 is 0 Å². The van der Waals surface area contributed by atoms with Crippen LogP contribution in [0.4, 0.5) is 11.4 Å². The van der Waals surface area contributed by atoms with Crippen molar-refractivity contribution in [1.29, 1.82) is 0 Å². The van der Waals surface area contributed by atoms with Gasteiger partial charge >= 0.3 is 0 Å². The second kappa shape index (κ2) is 8.89. The topological polar surface area (TPSA) is 27.3 Å². The lowest BCUT2D eigenvalue weighted by Gasteiger charge is -2.24. The van der Waals surface area contributed by atoms with Crippen LogP contribution in [-0.4, -0.2) is 24.7 Å². The number of nitrogens with one attached hydrogen (secondary N) is 2. The number of aryl methyl sites for hydroxylation is 1. The summed E-state index contributed by atoms with van der Waals surface area (Å²) < 4.78 is 1.05. The van der Waals surface area contributed by atoms with Crippen molar-refractivity contribution in [3.8, 4) is 0 Å². The molecule has 0 spiro atoms. The number of benzene rings is 2. The van der Waals surface area contributed by atoms with Gasteiger partial charge in [-0.3, -0.25) is 0 Å². The molecule has 122 valence electrons. The molecule has 0 amide bonds.